The molecule has 1 heterocycles. The Balaban J connectivity index is 1.55. The summed E-state index contributed by atoms with van der Waals surface area (Å²) in [4.78, 5) is 24.4. The summed E-state index contributed by atoms with van der Waals surface area (Å²) < 4.78 is 5.38. The third-order valence-corrected chi connectivity index (χ3v) is 4.45. The number of anilines is 1. The number of carbonyl (C=O) groups excluding carboxylic acids is 2. The van der Waals surface area contributed by atoms with Crippen LogP contribution < -0.4 is 15.4 Å². The number of amides is 2. The highest BCUT2D eigenvalue weighted by molar-refractivity contribution is 7.15. The molecule has 0 aliphatic rings. The van der Waals surface area contributed by atoms with Gasteiger partial charge in [0.05, 0.1) is 6.61 Å². The van der Waals surface area contributed by atoms with Gasteiger partial charge in [-0.05, 0) is 36.8 Å². The second-order valence-electron chi connectivity index (χ2n) is 5.49. The minimum absolute atomic E-state index is 0.130. The first-order chi connectivity index (χ1) is 13.2. The van der Waals surface area contributed by atoms with Crippen LogP contribution in [0.15, 0.2) is 54.6 Å². The molecule has 7 nitrogen and oxygen atoms in total. The van der Waals surface area contributed by atoms with Crippen molar-refractivity contribution in [3.63, 3.8) is 0 Å². The Morgan fingerprint density at radius 2 is 1.63 bits per heavy atom. The molecule has 2 N–H and O–H groups in total. The zero-order chi connectivity index (χ0) is 19.1. The highest BCUT2D eigenvalue weighted by Crippen LogP contribution is 2.14. The summed E-state index contributed by atoms with van der Waals surface area (Å²) >= 11 is 0.946. The van der Waals surface area contributed by atoms with Gasteiger partial charge in [-0.15, -0.1) is 10.2 Å². The van der Waals surface area contributed by atoms with Crippen molar-refractivity contribution in [1.29, 1.82) is 0 Å². The Kier molecular flexibility index (Phi) is 6.11. The van der Waals surface area contributed by atoms with Crippen LogP contribution in [0.2, 0.25) is 0 Å². The van der Waals surface area contributed by atoms with Gasteiger partial charge in [0.1, 0.15) is 5.75 Å². The molecule has 0 radical (unpaired) electrons. The standard InChI is InChI=1S/C19H18N4O3S/c1-2-26-15-10-8-13(9-11-15)12-20-16(24)18-22-23-19(27-18)17(25)21-14-6-4-3-5-7-14/h3-11H,2,12H2,1H3,(H,20,24)(H,21,25). The molecule has 0 aliphatic heterocycles. The molecule has 0 saturated heterocycles. The molecule has 2 amide bonds. The van der Waals surface area contributed by atoms with Crippen LogP contribution in [-0.2, 0) is 6.54 Å². The van der Waals surface area contributed by atoms with Crippen molar-refractivity contribution in [2.24, 2.45) is 0 Å². The number of ether oxygens (including phenoxy) is 1. The summed E-state index contributed by atoms with van der Waals surface area (Å²) in [5.41, 5.74) is 1.58. The Morgan fingerprint density at radius 3 is 2.30 bits per heavy atom. The van der Waals surface area contributed by atoms with Gasteiger partial charge in [-0.3, -0.25) is 9.59 Å². The van der Waals surface area contributed by atoms with E-state index in [0.717, 1.165) is 22.6 Å². The molecule has 0 aliphatic carbocycles. The lowest BCUT2D eigenvalue weighted by Gasteiger charge is -2.05. The van der Waals surface area contributed by atoms with Crippen molar-refractivity contribution >= 4 is 28.8 Å². The predicted molar refractivity (Wildman–Crippen MR) is 103 cm³/mol. The lowest BCUT2D eigenvalue weighted by atomic mass is 10.2. The fraction of sp³-hybridized carbons (Fsp3) is 0.158. The maximum absolute atomic E-state index is 12.2. The molecule has 1 aromatic heterocycles. The zero-order valence-corrected chi connectivity index (χ0v) is 15.5. The summed E-state index contributed by atoms with van der Waals surface area (Å²) in [7, 11) is 0. The number of aromatic nitrogens is 2. The van der Waals surface area contributed by atoms with Crippen molar-refractivity contribution in [3.8, 4) is 5.75 Å². The minimum atomic E-state index is -0.399. The Bertz CT molecular complexity index is 910. The molecular weight excluding hydrogens is 364 g/mol. The van der Waals surface area contributed by atoms with Gasteiger partial charge in [0.15, 0.2) is 0 Å². The third kappa shape index (κ3) is 5.11. The van der Waals surface area contributed by atoms with E-state index in [-0.39, 0.29) is 15.9 Å². The minimum Gasteiger partial charge on any atom is -0.494 e. The summed E-state index contributed by atoms with van der Waals surface area (Å²) in [6.45, 7) is 2.87. The molecule has 0 atom stereocenters. The molecule has 8 heteroatoms. The van der Waals surface area contributed by atoms with E-state index in [2.05, 4.69) is 20.8 Å². The summed E-state index contributed by atoms with van der Waals surface area (Å²) in [6, 6.07) is 16.5. The number of benzene rings is 2. The first kappa shape index (κ1) is 18.5. The largest absolute Gasteiger partial charge is 0.494 e. The van der Waals surface area contributed by atoms with E-state index >= 15 is 0 Å². The van der Waals surface area contributed by atoms with Crippen molar-refractivity contribution in [2.75, 3.05) is 11.9 Å². The maximum Gasteiger partial charge on any atom is 0.286 e. The number of carbonyl (C=O) groups is 2. The fourth-order valence-corrected chi connectivity index (χ4v) is 2.90. The Morgan fingerprint density at radius 1 is 0.963 bits per heavy atom. The Hall–Kier alpha value is -3.26. The average Bonchev–Trinajstić information content (AvgIpc) is 3.19. The quantitative estimate of drug-likeness (QED) is 0.655. The van der Waals surface area contributed by atoms with Gasteiger partial charge in [-0.1, -0.05) is 41.7 Å². The highest BCUT2D eigenvalue weighted by Gasteiger charge is 2.17. The van der Waals surface area contributed by atoms with Crippen molar-refractivity contribution in [3.05, 3.63) is 70.2 Å². The van der Waals surface area contributed by atoms with Gasteiger partial charge in [-0.2, -0.15) is 0 Å². The van der Waals surface area contributed by atoms with Crippen LogP contribution in [0, 0.1) is 0 Å². The zero-order valence-electron chi connectivity index (χ0n) is 14.6. The predicted octanol–water partition coefficient (Wildman–Crippen LogP) is 3.12. The second kappa shape index (κ2) is 8.91. The second-order valence-corrected chi connectivity index (χ2v) is 6.47. The van der Waals surface area contributed by atoms with Crippen molar-refractivity contribution in [1.82, 2.24) is 15.5 Å². The molecule has 0 spiro atoms. The van der Waals surface area contributed by atoms with E-state index in [1.807, 2.05) is 49.4 Å². The lowest BCUT2D eigenvalue weighted by Crippen LogP contribution is -2.22. The monoisotopic (exact) mass is 382 g/mol. The maximum atomic E-state index is 12.2. The van der Waals surface area contributed by atoms with E-state index in [0.29, 0.717) is 18.8 Å². The number of para-hydroxylation sites is 1. The van der Waals surface area contributed by atoms with E-state index in [1.54, 1.807) is 12.1 Å². The van der Waals surface area contributed by atoms with E-state index < -0.39 is 5.91 Å². The van der Waals surface area contributed by atoms with Crippen LogP contribution in [0.1, 0.15) is 32.1 Å². The van der Waals surface area contributed by atoms with Crippen molar-refractivity contribution in [2.45, 2.75) is 13.5 Å². The van der Waals surface area contributed by atoms with Crippen LogP contribution in [0.5, 0.6) is 5.75 Å². The molecule has 0 unspecified atom stereocenters. The normalized spacial score (nSPS) is 10.3. The van der Waals surface area contributed by atoms with E-state index in [4.69, 9.17) is 4.74 Å². The SMILES string of the molecule is CCOc1ccc(CNC(=O)c2nnc(C(=O)Nc3ccccc3)s2)cc1. The molecule has 3 aromatic rings. The first-order valence-corrected chi connectivity index (χ1v) is 9.17. The van der Waals surface area contributed by atoms with Crippen LogP contribution in [0.3, 0.4) is 0 Å². The molecule has 138 valence electrons. The fourth-order valence-electron chi connectivity index (χ4n) is 2.24. The van der Waals surface area contributed by atoms with Gasteiger partial charge >= 0.3 is 0 Å². The highest BCUT2D eigenvalue weighted by atomic mass is 32.1. The number of hydrogen-bond acceptors (Lipinski definition) is 6. The van der Waals surface area contributed by atoms with Crippen molar-refractivity contribution < 1.29 is 14.3 Å². The lowest BCUT2D eigenvalue weighted by molar-refractivity contribution is 0.0948. The molecule has 0 saturated carbocycles. The van der Waals surface area contributed by atoms with Gasteiger partial charge in [-0.25, -0.2) is 0 Å². The molecule has 27 heavy (non-hydrogen) atoms. The van der Waals surface area contributed by atoms with Gasteiger partial charge in [0.2, 0.25) is 10.0 Å². The van der Waals surface area contributed by atoms with Gasteiger partial charge in [0, 0.05) is 12.2 Å². The topological polar surface area (TPSA) is 93.2 Å². The molecule has 3 rings (SSSR count). The average molecular weight is 382 g/mol. The third-order valence-electron chi connectivity index (χ3n) is 3.53. The van der Waals surface area contributed by atoms with Crippen LogP contribution >= 0.6 is 11.3 Å². The summed E-state index contributed by atoms with van der Waals surface area (Å²) in [5.74, 6) is 0.00943. The number of hydrogen-bond donors (Lipinski definition) is 2. The Labute approximate surface area is 160 Å². The molecule has 2 aromatic carbocycles. The van der Waals surface area contributed by atoms with Crippen LogP contribution in [0.4, 0.5) is 5.69 Å². The van der Waals surface area contributed by atoms with Crippen LogP contribution in [0.25, 0.3) is 0 Å². The van der Waals surface area contributed by atoms with Crippen LogP contribution in [-0.4, -0.2) is 28.6 Å². The summed E-state index contributed by atoms with van der Waals surface area (Å²) in [5, 5.41) is 13.3. The molecule has 0 fully saturated rings. The summed E-state index contributed by atoms with van der Waals surface area (Å²) in [6.07, 6.45) is 0. The smallest absolute Gasteiger partial charge is 0.286 e. The van der Waals surface area contributed by atoms with E-state index in [1.165, 1.54) is 0 Å². The molecular formula is C19H18N4O3S. The number of nitrogens with zero attached hydrogens (tertiary/aromatic N) is 2. The number of nitrogens with one attached hydrogen (secondary N) is 2. The molecule has 0 bridgehead atoms. The van der Waals surface area contributed by atoms with Gasteiger partial charge < -0.3 is 15.4 Å². The van der Waals surface area contributed by atoms with E-state index in [9.17, 15) is 9.59 Å². The first-order valence-electron chi connectivity index (χ1n) is 8.35. The number of rotatable bonds is 7. The van der Waals surface area contributed by atoms with Gasteiger partial charge in [0.25, 0.3) is 11.8 Å².